The van der Waals surface area contributed by atoms with Crippen LogP contribution in [0.15, 0.2) is 18.2 Å². The summed E-state index contributed by atoms with van der Waals surface area (Å²) in [5.41, 5.74) is 0.240. The standard InChI is InChI=1S/C19H26O6/c1-3-18(8-22-9-18)12-24-15-5-14(17(20)21)6-16(7-15)25-13-19(4-2)10-23-11-19/h5-7H,3-4,8-13H2,1-2H3,(H,20,21). The Labute approximate surface area is 148 Å². The summed E-state index contributed by atoms with van der Waals surface area (Å²) < 4.78 is 22.4. The van der Waals surface area contributed by atoms with Gasteiger partial charge in [-0.25, -0.2) is 4.79 Å². The Bertz CT molecular complexity index is 563. The summed E-state index contributed by atoms with van der Waals surface area (Å²) in [5.74, 6) is 0.0414. The van der Waals surface area contributed by atoms with Gasteiger partial charge in [-0.2, -0.15) is 0 Å². The van der Waals surface area contributed by atoms with E-state index < -0.39 is 5.97 Å². The second kappa shape index (κ2) is 7.22. The molecule has 0 amide bonds. The molecular formula is C19H26O6. The van der Waals surface area contributed by atoms with Crippen LogP contribution in [0, 0.1) is 10.8 Å². The van der Waals surface area contributed by atoms with Crippen LogP contribution >= 0.6 is 0 Å². The van der Waals surface area contributed by atoms with Gasteiger partial charge in [0.25, 0.3) is 0 Å². The number of rotatable bonds is 9. The maximum Gasteiger partial charge on any atom is 0.335 e. The van der Waals surface area contributed by atoms with Crippen molar-refractivity contribution in [3.8, 4) is 11.5 Å². The Morgan fingerprint density at radius 1 is 0.960 bits per heavy atom. The van der Waals surface area contributed by atoms with Crippen LogP contribution in [0.5, 0.6) is 11.5 Å². The number of hydrogen-bond acceptors (Lipinski definition) is 5. The highest BCUT2D eigenvalue weighted by molar-refractivity contribution is 5.88. The SMILES string of the molecule is CCC1(COc2cc(OCC3(CC)COC3)cc(C(=O)O)c2)COC1. The van der Waals surface area contributed by atoms with Crippen molar-refractivity contribution in [1.82, 2.24) is 0 Å². The fourth-order valence-corrected chi connectivity index (χ4v) is 2.90. The number of carboxylic acids is 1. The molecule has 2 saturated heterocycles. The Balaban J connectivity index is 1.69. The van der Waals surface area contributed by atoms with E-state index in [1.54, 1.807) is 18.2 Å². The Hall–Kier alpha value is -1.79. The molecule has 0 unspecified atom stereocenters. The van der Waals surface area contributed by atoms with E-state index in [9.17, 15) is 9.90 Å². The summed E-state index contributed by atoms with van der Waals surface area (Å²) in [5, 5.41) is 9.35. The monoisotopic (exact) mass is 350 g/mol. The number of hydrogen-bond donors (Lipinski definition) is 1. The minimum Gasteiger partial charge on any atom is -0.493 e. The molecule has 2 aliphatic heterocycles. The first-order valence-electron chi connectivity index (χ1n) is 8.79. The minimum atomic E-state index is -0.996. The van der Waals surface area contributed by atoms with E-state index in [1.807, 2.05) is 0 Å². The molecule has 138 valence electrons. The molecule has 0 saturated carbocycles. The summed E-state index contributed by atoms with van der Waals surface area (Å²) >= 11 is 0. The molecule has 0 aromatic heterocycles. The minimum absolute atomic E-state index is 0.0375. The van der Waals surface area contributed by atoms with Gasteiger partial charge in [-0.15, -0.1) is 0 Å². The number of carboxylic acid groups (broad SMARTS) is 1. The zero-order valence-corrected chi connectivity index (χ0v) is 14.9. The largest absolute Gasteiger partial charge is 0.493 e. The van der Waals surface area contributed by atoms with Gasteiger partial charge >= 0.3 is 5.97 Å². The van der Waals surface area contributed by atoms with Gasteiger partial charge in [0.2, 0.25) is 0 Å². The van der Waals surface area contributed by atoms with E-state index in [0.29, 0.717) is 51.1 Å². The van der Waals surface area contributed by atoms with Gasteiger partial charge in [0, 0.05) is 6.07 Å². The highest BCUT2D eigenvalue weighted by Gasteiger charge is 2.38. The highest BCUT2D eigenvalue weighted by Crippen LogP contribution is 2.35. The molecule has 6 heteroatoms. The van der Waals surface area contributed by atoms with Gasteiger partial charge in [0.1, 0.15) is 11.5 Å². The maximum absolute atomic E-state index is 11.4. The van der Waals surface area contributed by atoms with E-state index in [2.05, 4.69) is 13.8 Å². The van der Waals surface area contributed by atoms with Crippen LogP contribution in [0.2, 0.25) is 0 Å². The van der Waals surface area contributed by atoms with Crippen molar-refractivity contribution in [3.63, 3.8) is 0 Å². The van der Waals surface area contributed by atoms with Crippen LogP contribution < -0.4 is 9.47 Å². The molecule has 1 N–H and O–H groups in total. The maximum atomic E-state index is 11.4. The quantitative estimate of drug-likeness (QED) is 0.738. The molecule has 1 aromatic rings. The molecule has 1 aromatic carbocycles. The summed E-state index contributed by atoms with van der Waals surface area (Å²) in [7, 11) is 0. The van der Waals surface area contributed by atoms with Gasteiger partial charge in [-0.3, -0.25) is 0 Å². The molecular weight excluding hydrogens is 324 g/mol. The van der Waals surface area contributed by atoms with Gasteiger partial charge < -0.3 is 24.1 Å². The molecule has 2 aliphatic rings. The van der Waals surface area contributed by atoms with Gasteiger partial charge in [-0.1, -0.05) is 13.8 Å². The van der Waals surface area contributed by atoms with Crippen LogP contribution in [0.25, 0.3) is 0 Å². The third-order valence-electron chi connectivity index (χ3n) is 5.35. The normalized spacial score (nSPS) is 20.2. The lowest BCUT2D eigenvalue weighted by molar-refractivity contribution is -0.134. The molecule has 6 nitrogen and oxygen atoms in total. The van der Waals surface area contributed by atoms with Gasteiger partial charge in [0.05, 0.1) is 56.0 Å². The number of carbonyl (C=O) groups is 1. The van der Waals surface area contributed by atoms with E-state index in [0.717, 1.165) is 12.8 Å². The first-order chi connectivity index (χ1) is 12.0. The van der Waals surface area contributed by atoms with Crippen LogP contribution in [-0.2, 0) is 9.47 Å². The van der Waals surface area contributed by atoms with Crippen LogP contribution in [-0.4, -0.2) is 50.7 Å². The lowest BCUT2D eigenvalue weighted by atomic mass is 9.84. The van der Waals surface area contributed by atoms with Crippen molar-refractivity contribution >= 4 is 5.97 Å². The molecule has 3 rings (SSSR count). The lowest BCUT2D eigenvalue weighted by Gasteiger charge is -2.40. The zero-order valence-electron chi connectivity index (χ0n) is 14.9. The van der Waals surface area contributed by atoms with Crippen molar-refractivity contribution in [2.75, 3.05) is 39.6 Å². The van der Waals surface area contributed by atoms with Crippen molar-refractivity contribution in [2.45, 2.75) is 26.7 Å². The lowest BCUT2D eigenvalue weighted by Crippen LogP contribution is -2.46. The topological polar surface area (TPSA) is 74.2 Å². The molecule has 2 fully saturated rings. The fraction of sp³-hybridized carbons (Fsp3) is 0.632. The summed E-state index contributed by atoms with van der Waals surface area (Å²) in [6.07, 6.45) is 1.93. The van der Waals surface area contributed by atoms with E-state index in [-0.39, 0.29) is 16.4 Å². The Morgan fingerprint density at radius 3 is 1.68 bits per heavy atom. The van der Waals surface area contributed by atoms with E-state index in [4.69, 9.17) is 18.9 Å². The summed E-state index contributed by atoms with van der Waals surface area (Å²) in [4.78, 5) is 11.4. The summed E-state index contributed by atoms with van der Waals surface area (Å²) in [6.45, 7) is 7.99. The number of aromatic carboxylic acids is 1. The van der Waals surface area contributed by atoms with Crippen molar-refractivity contribution in [1.29, 1.82) is 0 Å². The van der Waals surface area contributed by atoms with Gasteiger partial charge in [-0.05, 0) is 25.0 Å². The highest BCUT2D eigenvalue weighted by atomic mass is 16.5. The molecule has 0 aliphatic carbocycles. The van der Waals surface area contributed by atoms with Crippen molar-refractivity contribution < 1.29 is 28.8 Å². The van der Waals surface area contributed by atoms with Gasteiger partial charge in [0.15, 0.2) is 0 Å². The molecule has 0 atom stereocenters. The number of benzene rings is 1. The first kappa shape index (κ1) is 18.0. The third kappa shape index (κ3) is 3.90. The summed E-state index contributed by atoms with van der Waals surface area (Å²) in [6, 6.07) is 4.85. The Kier molecular flexibility index (Phi) is 5.20. The zero-order chi connectivity index (χ0) is 17.9. The van der Waals surface area contributed by atoms with Crippen molar-refractivity contribution in [2.24, 2.45) is 10.8 Å². The molecule has 0 radical (unpaired) electrons. The third-order valence-corrected chi connectivity index (χ3v) is 5.35. The first-order valence-corrected chi connectivity index (χ1v) is 8.79. The fourth-order valence-electron chi connectivity index (χ4n) is 2.90. The van der Waals surface area contributed by atoms with E-state index >= 15 is 0 Å². The Morgan fingerprint density at radius 2 is 1.40 bits per heavy atom. The molecule has 2 heterocycles. The molecule has 0 spiro atoms. The average molecular weight is 350 g/mol. The predicted octanol–water partition coefficient (Wildman–Crippen LogP) is 3.00. The second-order valence-electron chi connectivity index (χ2n) is 7.27. The smallest absolute Gasteiger partial charge is 0.335 e. The van der Waals surface area contributed by atoms with Crippen LogP contribution in [0.3, 0.4) is 0 Å². The van der Waals surface area contributed by atoms with Crippen LogP contribution in [0.4, 0.5) is 0 Å². The second-order valence-corrected chi connectivity index (χ2v) is 7.27. The predicted molar refractivity (Wildman–Crippen MR) is 91.5 cm³/mol. The van der Waals surface area contributed by atoms with Crippen molar-refractivity contribution in [3.05, 3.63) is 23.8 Å². The van der Waals surface area contributed by atoms with E-state index in [1.165, 1.54) is 0 Å². The average Bonchev–Trinajstić information content (AvgIpc) is 2.53. The molecule has 25 heavy (non-hydrogen) atoms. The number of ether oxygens (including phenoxy) is 4. The van der Waals surface area contributed by atoms with Crippen LogP contribution in [0.1, 0.15) is 37.0 Å². The molecule has 0 bridgehead atoms.